The fraction of sp³-hybridized carbons (Fsp3) is 0.130. The van der Waals surface area contributed by atoms with Gasteiger partial charge in [0.05, 0.1) is 56.7 Å². The summed E-state index contributed by atoms with van der Waals surface area (Å²) in [5.74, 6) is 13.7. The third-order valence-corrected chi connectivity index (χ3v) is 24.6. The van der Waals surface area contributed by atoms with Crippen molar-refractivity contribution < 1.29 is 0 Å². The van der Waals surface area contributed by atoms with Crippen LogP contribution in [0.4, 0.5) is 0 Å². The molecule has 10 nitrogen and oxygen atoms in total. The lowest BCUT2D eigenvalue weighted by Crippen LogP contribution is -1.96. The number of hydrogen-bond acceptors (Lipinski definition) is 6. The minimum atomic E-state index is 0.297. The molecule has 15 aromatic rings. The van der Waals surface area contributed by atoms with E-state index in [1.807, 2.05) is 12.1 Å². The lowest BCUT2D eigenvalue weighted by Gasteiger charge is -2.14. The maximum atomic E-state index is 9.76. The summed E-state index contributed by atoms with van der Waals surface area (Å²) in [4.78, 5) is 38.9. The average Bonchev–Trinajstić information content (AvgIpc) is 1.62. The second-order valence-electron chi connectivity index (χ2n) is 34.1. The molecule has 0 amide bonds. The second-order valence-corrected chi connectivity index (χ2v) is 34.1. The molecule has 10 heterocycles. The smallest absolute Gasteiger partial charge is 0.101 e. The van der Waals surface area contributed by atoms with E-state index < -0.39 is 0 Å². The summed E-state index contributed by atoms with van der Waals surface area (Å²) >= 11 is 0. The molecule has 4 aliphatic rings. The van der Waals surface area contributed by atoms with Crippen molar-refractivity contribution in [3.05, 3.63) is 363 Å². The molecule has 6 aromatic heterocycles. The molecule has 125 heavy (non-hydrogen) atoms. The molecule has 16 bridgehead atoms. The lowest BCUT2D eigenvalue weighted by atomic mass is 9.92. The normalized spacial score (nSPS) is 11.8. The van der Waals surface area contributed by atoms with Gasteiger partial charge in [-0.1, -0.05) is 149 Å². The van der Waals surface area contributed by atoms with Crippen LogP contribution in [-0.4, -0.2) is 39.9 Å². The van der Waals surface area contributed by atoms with Crippen LogP contribution in [0.15, 0.2) is 200 Å². The molecule has 0 unspecified atom stereocenters. The number of fused-ring (bicyclic) bond motifs is 16. The van der Waals surface area contributed by atoms with Crippen molar-refractivity contribution in [1.82, 2.24) is 39.9 Å². The van der Waals surface area contributed by atoms with Crippen LogP contribution < -0.4 is 0 Å². The van der Waals surface area contributed by atoms with Crippen molar-refractivity contribution in [2.24, 2.45) is 0 Å². The van der Waals surface area contributed by atoms with E-state index in [0.717, 1.165) is 212 Å². The van der Waals surface area contributed by atoms with Crippen LogP contribution in [0, 0.1) is 150 Å². The number of nitrogens with zero attached hydrogens (tertiary/aromatic N) is 6. The van der Waals surface area contributed by atoms with Crippen LogP contribution >= 0.6 is 0 Å². The maximum absolute atomic E-state index is 9.76. The van der Waals surface area contributed by atoms with Crippen LogP contribution in [0.2, 0.25) is 0 Å². The molecule has 4 aliphatic heterocycles. The lowest BCUT2D eigenvalue weighted by molar-refractivity contribution is 1.27. The van der Waals surface area contributed by atoms with Crippen LogP contribution in [0.1, 0.15) is 162 Å². The number of rotatable bonds is 8. The predicted octanol–water partition coefficient (Wildman–Crippen LogP) is 28.1. The number of hydrogen-bond donors (Lipinski definition) is 4. The van der Waals surface area contributed by atoms with Gasteiger partial charge in [0.2, 0.25) is 0 Å². The first kappa shape index (κ1) is 79.1. The molecule has 0 aliphatic carbocycles. The molecule has 4 N–H and O–H groups in total. The molecule has 0 fully saturated rings. The number of H-pyrrole nitrogens is 4. The van der Waals surface area contributed by atoms with Crippen LogP contribution in [0.3, 0.4) is 0 Å². The zero-order chi connectivity index (χ0) is 86.5. The number of aromatic amines is 4. The van der Waals surface area contributed by atoms with Crippen molar-refractivity contribution >= 4 is 92.7 Å². The molecule has 9 aromatic carbocycles. The van der Waals surface area contributed by atoms with Crippen molar-refractivity contribution in [2.75, 3.05) is 0 Å². The van der Waals surface area contributed by atoms with Gasteiger partial charge in [-0.05, 0) is 356 Å². The molecular formula is C115H90N10. The summed E-state index contributed by atoms with van der Waals surface area (Å²) in [7, 11) is 0. The van der Waals surface area contributed by atoms with E-state index in [0.29, 0.717) is 16.7 Å². The zero-order valence-electron chi connectivity index (χ0n) is 72.9. The summed E-state index contributed by atoms with van der Waals surface area (Å²) in [6.45, 7) is 32.9. The Kier molecular flexibility index (Phi) is 20.1. The number of nitriles is 2. The fourth-order valence-electron chi connectivity index (χ4n) is 19.8. The first-order valence-corrected chi connectivity index (χ1v) is 42.5. The van der Waals surface area contributed by atoms with Crippen molar-refractivity contribution in [1.29, 1.82) is 10.5 Å². The van der Waals surface area contributed by atoms with Crippen LogP contribution in [0.25, 0.3) is 182 Å². The van der Waals surface area contributed by atoms with Gasteiger partial charge in [0.1, 0.15) is 12.1 Å². The van der Waals surface area contributed by atoms with E-state index in [9.17, 15) is 10.5 Å². The molecule has 0 spiro atoms. The molecule has 0 saturated carbocycles. The Morgan fingerprint density at radius 2 is 0.376 bits per heavy atom. The highest BCUT2D eigenvalue weighted by atomic mass is 14.8. The molecule has 0 atom stereocenters. The highest BCUT2D eigenvalue weighted by Gasteiger charge is 2.27. The second kappa shape index (κ2) is 31.7. The Bertz CT molecular complexity index is 7710. The van der Waals surface area contributed by atoms with Crippen LogP contribution in [-0.2, 0) is 0 Å². The monoisotopic (exact) mass is 1610 g/mol. The van der Waals surface area contributed by atoms with E-state index in [-0.39, 0.29) is 0 Å². The van der Waals surface area contributed by atoms with Gasteiger partial charge < -0.3 is 19.9 Å². The van der Waals surface area contributed by atoms with E-state index in [2.05, 4.69) is 378 Å². The summed E-state index contributed by atoms with van der Waals surface area (Å²) in [6, 6.07) is 75.0. The quantitative estimate of drug-likeness (QED) is 0.111. The Morgan fingerprint density at radius 3 is 0.584 bits per heavy atom. The first-order valence-electron chi connectivity index (χ1n) is 42.5. The van der Waals surface area contributed by atoms with Crippen molar-refractivity contribution in [3.63, 3.8) is 0 Å². The van der Waals surface area contributed by atoms with Crippen LogP contribution in [0.5, 0.6) is 0 Å². The zero-order valence-corrected chi connectivity index (χ0v) is 72.9. The highest BCUT2D eigenvalue weighted by Crippen LogP contribution is 2.46. The van der Waals surface area contributed by atoms with E-state index >= 15 is 0 Å². The highest BCUT2D eigenvalue weighted by molar-refractivity contribution is 6.05. The topological polar surface area (TPSA) is 162 Å². The van der Waals surface area contributed by atoms with Gasteiger partial charge in [0.15, 0.2) is 0 Å². The van der Waals surface area contributed by atoms with E-state index in [1.54, 1.807) is 18.2 Å². The molecule has 0 radical (unpaired) electrons. The van der Waals surface area contributed by atoms with Gasteiger partial charge in [-0.2, -0.15) is 10.5 Å². The van der Waals surface area contributed by atoms with E-state index in [1.165, 1.54) is 66.8 Å². The average molecular weight is 1610 g/mol. The number of aryl methyl sites for hydroxylation is 15. The molecule has 10 heteroatoms. The fourth-order valence-corrected chi connectivity index (χ4v) is 19.8. The number of aromatic nitrogens is 8. The molecule has 19 rings (SSSR count). The molecular weight excluding hydrogens is 1520 g/mol. The number of benzene rings is 9. The summed E-state index contributed by atoms with van der Waals surface area (Å²) < 4.78 is 0. The van der Waals surface area contributed by atoms with Crippen molar-refractivity contribution in [3.8, 4) is 125 Å². The SMILES string of the molecule is Cc1cc(C)c(-c2c3nc(c(-c4ccc(C#Cc5ccc(C#N)c(C#N)c5)cc4)c4ccc([nH]4)c(-c4c(C)cc(C)cc4C)c4nc(c(-c5ccc(C#Cc6ccc(-c7c8nc(c(-c9c(C)cc(C)cc9C)c9ccc([nH]9)c(-c9c(C)cc(C)cc9C)c9nc(c(-c%10c(C)cc(C)cc%10C)c%10ccc7[nH]%10)C=C9)C=C8)cc6)cc5)c5ccc2[nH]5)C=C4)C=C3)c(C)c1. The Balaban J connectivity index is 0.754. The minimum absolute atomic E-state index is 0.297. The molecule has 0 saturated heterocycles. The maximum Gasteiger partial charge on any atom is 0.101 e. The summed E-state index contributed by atoms with van der Waals surface area (Å²) in [5.41, 5.74) is 52.1. The largest absolute Gasteiger partial charge is 0.354 e. The van der Waals surface area contributed by atoms with Gasteiger partial charge in [0.25, 0.3) is 0 Å². The Hall–Kier alpha value is -15.7. The first-order chi connectivity index (χ1) is 60.5. The summed E-state index contributed by atoms with van der Waals surface area (Å²) in [6.07, 6.45) is 17.4. The Labute approximate surface area is 729 Å². The standard InChI is InChI=1S/C115H90N10/c1-63-50-68(6)103(69(7)51-63)111-93-40-34-87(118-93)108(88-35-41-94(119-88)112(104-70(8)52-64(2)53-71(104)9)96-43-37-90(121-96)110(89-36-42-95(111)120-89)84-31-24-80(25-32-84)18-19-81-26-33-85(61-116)86(60-81)62-117)82-27-20-78(21-28-82)16-17-79-22-29-83(30-23-79)109-91-38-44-97(122-91)113(105-72(10)54-65(3)55-73(105)11)99-46-48-101(124-99)115(107-76(14)58-67(5)59-77(107)15)102-49-47-100(125-102)114(98-45-39-92(109)123-98)106-74(12)56-66(4)57-75(106)13/h20-60,118,121-122,125H,1-15H3. The van der Waals surface area contributed by atoms with Gasteiger partial charge in [-0.15, -0.1) is 0 Å². The number of nitrogens with one attached hydrogen (secondary N) is 4. The van der Waals surface area contributed by atoms with Gasteiger partial charge in [-0.3, -0.25) is 0 Å². The Morgan fingerprint density at radius 1 is 0.192 bits per heavy atom. The van der Waals surface area contributed by atoms with Gasteiger partial charge in [0, 0.05) is 111 Å². The van der Waals surface area contributed by atoms with Gasteiger partial charge >= 0.3 is 0 Å². The van der Waals surface area contributed by atoms with Crippen molar-refractivity contribution in [2.45, 2.75) is 104 Å². The molecule has 600 valence electrons. The van der Waals surface area contributed by atoms with E-state index in [4.69, 9.17) is 19.9 Å². The minimum Gasteiger partial charge on any atom is -0.354 e. The third-order valence-electron chi connectivity index (χ3n) is 24.6. The third kappa shape index (κ3) is 14.6. The van der Waals surface area contributed by atoms with Gasteiger partial charge in [-0.25, -0.2) is 19.9 Å². The summed E-state index contributed by atoms with van der Waals surface area (Å²) in [5, 5.41) is 19.3. The predicted molar refractivity (Wildman–Crippen MR) is 520 cm³/mol.